The van der Waals surface area contributed by atoms with Crippen molar-refractivity contribution >= 4 is 11.5 Å². The van der Waals surface area contributed by atoms with E-state index in [2.05, 4.69) is 12.0 Å². The van der Waals surface area contributed by atoms with Gasteiger partial charge in [-0.3, -0.25) is 4.90 Å². The number of hydrogen-bond acceptors (Lipinski definition) is 6. The van der Waals surface area contributed by atoms with Gasteiger partial charge in [-0.25, -0.2) is 9.31 Å². The number of carbonyl (C=O) groups excluding carboxylic acids is 1. The summed E-state index contributed by atoms with van der Waals surface area (Å²) in [7, 11) is 0. The fraction of sp³-hybridized carbons (Fsp3) is 0.538. The first-order valence-corrected chi connectivity index (χ1v) is 11.9. The van der Waals surface area contributed by atoms with Crippen molar-refractivity contribution in [3.63, 3.8) is 0 Å². The van der Waals surface area contributed by atoms with E-state index in [1.54, 1.807) is 6.20 Å². The van der Waals surface area contributed by atoms with Crippen molar-refractivity contribution in [2.24, 2.45) is 5.92 Å². The van der Waals surface area contributed by atoms with E-state index in [0.29, 0.717) is 24.7 Å². The van der Waals surface area contributed by atoms with Crippen LogP contribution in [0.15, 0.2) is 42.1 Å². The van der Waals surface area contributed by atoms with E-state index >= 15 is 0 Å². The molecule has 1 aliphatic rings. The second kappa shape index (κ2) is 11.6. The van der Waals surface area contributed by atoms with Gasteiger partial charge in [0.15, 0.2) is 0 Å². The fourth-order valence-electron chi connectivity index (χ4n) is 4.81. The summed E-state index contributed by atoms with van der Waals surface area (Å²) in [5.41, 5.74) is 4.44. The van der Waals surface area contributed by atoms with E-state index in [1.165, 1.54) is 0 Å². The molecule has 1 saturated heterocycles. The third-order valence-electron chi connectivity index (χ3n) is 6.65. The second-order valence-electron chi connectivity index (χ2n) is 8.59. The minimum atomic E-state index is -0.908. The van der Waals surface area contributed by atoms with Crippen LogP contribution in [0.5, 0.6) is 0 Å². The number of nitrogens with zero attached hydrogens (tertiary/aromatic N) is 3. The van der Waals surface area contributed by atoms with Gasteiger partial charge in [0, 0.05) is 30.9 Å². The Balaban J connectivity index is 1.70. The van der Waals surface area contributed by atoms with Crippen molar-refractivity contribution in [2.75, 3.05) is 26.3 Å². The highest BCUT2D eigenvalue weighted by atomic mass is 16.6. The maximum Gasteiger partial charge on any atom is 0.340 e. The smallest absolute Gasteiger partial charge is 0.340 e. The Morgan fingerprint density at radius 3 is 2.70 bits per heavy atom. The molecule has 180 valence electrons. The van der Waals surface area contributed by atoms with Gasteiger partial charge in [0.05, 0.1) is 24.3 Å². The zero-order valence-electron chi connectivity index (χ0n) is 20.5. The Bertz CT molecular complexity index is 1000. The molecule has 0 aliphatic carbocycles. The lowest BCUT2D eigenvalue weighted by Gasteiger charge is -2.37. The summed E-state index contributed by atoms with van der Waals surface area (Å²) in [5.74, 6) is 0.323. The molecule has 7 nitrogen and oxygen atoms in total. The Morgan fingerprint density at radius 1 is 1.33 bits per heavy atom. The van der Waals surface area contributed by atoms with Gasteiger partial charge >= 0.3 is 5.97 Å². The van der Waals surface area contributed by atoms with Crippen LogP contribution in [0.4, 0.5) is 0 Å². The molecule has 1 fully saturated rings. The van der Waals surface area contributed by atoms with E-state index in [1.807, 2.05) is 67.5 Å². The number of likely N-dealkylation sites (tertiary alicyclic amines) is 1. The van der Waals surface area contributed by atoms with E-state index in [4.69, 9.17) is 9.47 Å². The molecule has 0 bridgehead atoms. The van der Waals surface area contributed by atoms with Gasteiger partial charge in [-0.15, -0.1) is 0 Å². The summed E-state index contributed by atoms with van der Waals surface area (Å²) in [5, 5.41) is 15.1. The van der Waals surface area contributed by atoms with Crippen LogP contribution in [0.1, 0.15) is 68.1 Å². The van der Waals surface area contributed by atoms with Crippen molar-refractivity contribution in [2.45, 2.75) is 59.8 Å². The average Bonchev–Trinajstić information content (AvgIpc) is 3.13. The number of rotatable bonds is 9. The van der Waals surface area contributed by atoms with Gasteiger partial charge in [-0.05, 0) is 69.7 Å². The summed E-state index contributed by atoms with van der Waals surface area (Å²) in [6, 6.07) is 3.77. The third-order valence-corrected chi connectivity index (χ3v) is 6.65. The molecule has 0 spiro atoms. The lowest BCUT2D eigenvalue weighted by atomic mass is 9.82. The van der Waals surface area contributed by atoms with Crippen LogP contribution in [0, 0.1) is 12.8 Å². The molecule has 0 radical (unpaired) electrons. The van der Waals surface area contributed by atoms with Crippen LogP contribution >= 0.6 is 0 Å². The van der Waals surface area contributed by atoms with Crippen molar-refractivity contribution in [3.05, 3.63) is 59.0 Å². The molecule has 0 amide bonds. The zero-order valence-corrected chi connectivity index (χ0v) is 20.5. The van der Waals surface area contributed by atoms with E-state index < -0.39 is 6.41 Å². The minimum Gasteiger partial charge on any atom is -0.462 e. The summed E-state index contributed by atoms with van der Waals surface area (Å²) in [6.07, 6.45) is 8.65. The number of esters is 1. The number of ether oxygens (including phenoxy) is 2. The normalized spacial score (nSPS) is 18.2. The first-order chi connectivity index (χ1) is 15.9. The Hall–Kier alpha value is -2.48. The minimum absolute atomic E-state index is 0.208. The number of piperidine rings is 1. The first kappa shape index (κ1) is 25.1. The number of aromatic nitrogens is 2. The van der Waals surface area contributed by atoms with Gasteiger partial charge in [-0.1, -0.05) is 25.2 Å². The van der Waals surface area contributed by atoms with Crippen molar-refractivity contribution in [3.8, 4) is 0 Å². The van der Waals surface area contributed by atoms with Gasteiger partial charge in [0.1, 0.15) is 0 Å². The molecule has 2 aromatic heterocycles. The maximum atomic E-state index is 12.7. The molecule has 2 aromatic rings. The number of hydrogen-bond donors (Lipinski definition) is 1. The molecule has 7 heteroatoms. The number of aliphatic hydroxyl groups excluding tert-OH is 1. The van der Waals surface area contributed by atoms with Gasteiger partial charge in [0.2, 0.25) is 6.41 Å². The second-order valence-corrected chi connectivity index (χ2v) is 8.59. The lowest BCUT2D eigenvalue weighted by Crippen LogP contribution is -2.43. The summed E-state index contributed by atoms with van der Waals surface area (Å²) in [6.45, 7) is 12.2. The highest BCUT2D eigenvalue weighted by molar-refractivity contribution is 5.99. The van der Waals surface area contributed by atoms with Crippen molar-refractivity contribution in [1.29, 1.82) is 0 Å². The highest BCUT2D eigenvalue weighted by Crippen LogP contribution is 2.37. The van der Waals surface area contributed by atoms with Crippen LogP contribution in [0.2, 0.25) is 0 Å². The van der Waals surface area contributed by atoms with Gasteiger partial charge in [0.25, 0.3) is 0 Å². The molecule has 0 saturated carbocycles. The van der Waals surface area contributed by atoms with Gasteiger partial charge < -0.3 is 14.6 Å². The van der Waals surface area contributed by atoms with Crippen LogP contribution in [-0.4, -0.2) is 58.3 Å². The summed E-state index contributed by atoms with van der Waals surface area (Å²) < 4.78 is 12.9. The van der Waals surface area contributed by atoms with Crippen LogP contribution in [0.25, 0.3) is 5.52 Å². The van der Waals surface area contributed by atoms with Crippen molar-refractivity contribution < 1.29 is 19.4 Å². The summed E-state index contributed by atoms with van der Waals surface area (Å²) >= 11 is 0. The van der Waals surface area contributed by atoms with E-state index in [0.717, 1.165) is 48.3 Å². The van der Waals surface area contributed by atoms with Gasteiger partial charge in [-0.2, -0.15) is 5.10 Å². The van der Waals surface area contributed by atoms with Crippen LogP contribution in [-0.2, 0) is 9.47 Å². The molecule has 2 unspecified atom stereocenters. The Morgan fingerprint density at radius 2 is 2.06 bits per heavy atom. The quantitative estimate of drug-likeness (QED) is 0.342. The Labute approximate surface area is 196 Å². The largest absolute Gasteiger partial charge is 0.462 e. The standard InChI is InChI=1S/C26H37N3O4/c1-6-10-20(7-2)17-33-26(31)28-15-12-21(13-16-28)18(4)24-19(5)23(25(30)32-8-3)22-11-9-14-27-29(22)24/h6-7,9-11,14,18,21,26,31H,8,12-13,15-17H2,1-5H3. The van der Waals surface area contributed by atoms with E-state index in [-0.39, 0.29) is 11.9 Å². The number of aliphatic hydroxyl groups is 1. The third kappa shape index (κ3) is 5.54. The molecule has 3 rings (SSSR count). The predicted octanol–water partition coefficient (Wildman–Crippen LogP) is 4.45. The monoisotopic (exact) mass is 455 g/mol. The number of carbonyl (C=O) groups is 1. The topological polar surface area (TPSA) is 76.3 Å². The average molecular weight is 456 g/mol. The molecular formula is C26H37N3O4. The zero-order chi connectivity index (χ0) is 24.0. The molecule has 33 heavy (non-hydrogen) atoms. The van der Waals surface area contributed by atoms with Crippen LogP contribution in [0.3, 0.4) is 0 Å². The molecule has 2 atom stereocenters. The predicted molar refractivity (Wildman–Crippen MR) is 129 cm³/mol. The Kier molecular flexibility index (Phi) is 8.83. The fourth-order valence-corrected chi connectivity index (χ4v) is 4.81. The molecule has 1 aliphatic heterocycles. The highest BCUT2D eigenvalue weighted by Gasteiger charge is 2.32. The van der Waals surface area contributed by atoms with Crippen LogP contribution < -0.4 is 0 Å². The number of allylic oxidation sites excluding steroid dienone is 2. The molecular weight excluding hydrogens is 418 g/mol. The summed E-state index contributed by atoms with van der Waals surface area (Å²) in [4.78, 5) is 14.6. The molecule has 0 aromatic carbocycles. The molecule has 3 heterocycles. The maximum absolute atomic E-state index is 12.7. The number of fused-ring (bicyclic) bond motifs is 1. The SMILES string of the molecule is CC=CC(=CC)COC(O)N1CCC(C(C)c2c(C)c(C(=O)OCC)c3cccnn23)CC1. The first-order valence-electron chi connectivity index (χ1n) is 11.9. The van der Waals surface area contributed by atoms with E-state index in [9.17, 15) is 9.90 Å². The van der Waals surface area contributed by atoms with Crippen molar-refractivity contribution in [1.82, 2.24) is 14.5 Å². The lowest BCUT2D eigenvalue weighted by molar-refractivity contribution is -0.194. The molecule has 1 N–H and O–H groups in total.